The SMILES string of the molecule is CN=C(NCc1ccc(N2CCSCC2)cc1)N(C)CCC1CCOCC1. The zero-order valence-corrected chi connectivity index (χ0v) is 17.6. The molecule has 1 N–H and O–H groups in total. The third-order valence-electron chi connectivity index (χ3n) is 5.55. The number of benzene rings is 1. The molecule has 0 aliphatic carbocycles. The van der Waals surface area contributed by atoms with Crippen molar-refractivity contribution in [3.63, 3.8) is 0 Å². The van der Waals surface area contributed by atoms with Crippen LogP contribution in [0.2, 0.25) is 0 Å². The smallest absolute Gasteiger partial charge is 0.193 e. The van der Waals surface area contributed by atoms with E-state index in [1.807, 2.05) is 7.05 Å². The molecule has 1 aromatic carbocycles. The van der Waals surface area contributed by atoms with E-state index in [-0.39, 0.29) is 0 Å². The molecule has 2 aliphatic rings. The van der Waals surface area contributed by atoms with Crippen LogP contribution in [0.25, 0.3) is 0 Å². The van der Waals surface area contributed by atoms with E-state index < -0.39 is 0 Å². The van der Waals surface area contributed by atoms with E-state index in [1.54, 1.807) is 0 Å². The minimum Gasteiger partial charge on any atom is -0.381 e. The number of ether oxygens (including phenoxy) is 1. The van der Waals surface area contributed by atoms with Crippen molar-refractivity contribution in [1.82, 2.24) is 10.2 Å². The summed E-state index contributed by atoms with van der Waals surface area (Å²) in [4.78, 5) is 9.18. The quantitative estimate of drug-likeness (QED) is 0.597. The zero-order chi connectivity index (χ0) is 18.9. The van der Waals surface area contributed by atoms with Gasteiger partial charge in [-0.25, -0.2) is 0 Å². The maximum Gasteiger partial charge on any atom is 0.193 e. The summed E-state index contributed by atoms with van der Waals surface area (Å²) in [6.45, 7) is 6.02. The molecule has 0 saturated carbocycles. The van der Waals surface area contributed by atoms with Gasteiger partial charge in [-0.15, -0.1) is 0 Å². The lowest BCUT2D eigenvalue weighted by Gasteiger charge is -2.28. The minimum atomic E-state index is 0.792. The predicted molar refractivity (Wildman–Crippen MR) is 117 cm³/mol. The molecule has 0 aromatic heterocycles. The Balaban J connectivity index is 1.44. The number of hydrogen-bond donors (Lipinski definition) is 1. The molecule has 3 rings (SSSR count). The highest BCUT2D eigenvalue weighted by Gasteiger charge is 2.15. The van der Waals surface area contributed by atoms with Crippen LogP contribution < -0.4 is 10.2 Å². The van der Waals surface area contributed by atoms with E-state index in [0.717, 1.165) is 51.3 Å². The average molecular weight is 391 g/mol. The largest absolute Gasteiger partial charge is 0.381 e. The van der Waals surface area contributed by atoms with Gasteiger partial charge in [-0.05, 0) is 42.9 Å². The zero-order valence-electron chi connectivity index (χ0n) is 16.8. The predicted octanol–water partition coefficient (Wildman–Crippen LogP) is 3.06. The van der Waals surface area contributed by atoms with Crippen LogP contribution in [0.5, 0.6) is 0 Å². The molecule has 6 heteroatoms. The number of hydrogen-bond acceptors (Lipinski definition) is 4. The Bertz CT molecular complexity index is 580. The molecule has 0 bridgehead atoms. The lowest BCUT2D eigenvalue weighted by molar-refractivity contribution is 0.0625. The van der Waals surface area contributed by atoms with E-state index in [9.17, 15) is 0 Å². The van der Waals surface area contributed by atoms with Gasteiger partial charge in [-0.2, -0.15) is 11.8 Å². The molecule has 27 heavy (non-hydrogen) atoms. The molecule has 150 valence electrons. The van der Waals surface area contributed by atoms with Crippen molar-refractivity contribution in [3.05, 3.63) is 29.8 Å². The van der Waals surface area contributed by atoms with E-state index in [0.29, 0.717) is 0 Å². The number of thioether (sulfide) groups is 1. The second-order valence-corrected chi connectivity index (χ2v) is 8.66. The number of nitrogens with zero attached hydrogens (tertiary/aromatic N) is 3. The molecule has 2 fully saturated rings. The maximum atomic E-state index is 5.46. The van der Waals surface area contributed by atoms with Gasteiger partial charge in [0, 0.05) is 70.7 Å². The molecular formula is C21H34N4OS. The van der Waals surface area contributed by atoms with Gasteiger partial charge < -0.3 is 19.9 Å². The first-order valence-corrected chi connectivity index (χ1v) is 11.3. The van der Waals surface area contributed by atoms with Gasteiger partial charge in [-0.1, -0.05) is 12.1 Å². The second kappa shape index (κ2) is 10.8. The van der Waals surface area contributed by atoms with Crippen molar-refractivity contribution < 1.29 is 4.74 Å². The maximum absolute atomic E-state index is 5.46. The highest BCUT2D eigenvalue weighted by molar-refractivity contribution is 7.99. The molecule has 2 aliphatic heterocycles. The summed E-state index contributed by atoms with van der Waals surface area (Å²) in [5.74, 6) is 4.24. The Labute approximate surface area is 168 Å². The lowest BCUT2D eigenvalue weighted by Crippen LogP contribution is -2.39. The molecule has 5 nitrogen and oxygen atoms in total. The molecule has 0 radical (unpaired) electrons. The molecule has 0 amide bonds. The normalized spacial score (nSPS) is 19.2. The van der Waals surface area contributed by atoms with Gasteiger partial charge in [-0.3, -0.25) is 4.99 Å². The van der Waals surface area contributed by atoms with Gasteiger partial charge in [0.1, 0.15) is 0 Å². The van der Waals surface area contributed by atoms with Gasteiger partial charge in [0.15, 0.2) is 5.96 Å². The fraction of sp³-hybridized carbons (Fsp3) is 0.667. The van der Waals surface area contributed by atoms with Crippen LogP contribution in [0.3, 0.4) is 0 Å². The Morgan fingerprint density at radius 2 is 1.93 bits per heavy atom. The summed E-state index contributed by atoms with van der Waals surface area (Å²) in [6, 6.07) is 8.98. The topological polar surface area (TPSA) is 40.1 Å². The summed E-state index contributed by atoms with van der Waals surface area (Å²) < 4.78 is 5.46. The first-order chi connectivity index (χ1) is 13.3. The Hall–Kier alpha value is -1.40. The van der Waals surface area contributed by atoms with Crippen molar-refractivity contribution in [2.45, 2.75) is 25.8 Å². The second-order valence-electron chi connectivity index (χ2n) is 7.43. The van der Waals surface area contributed by atoms with Crippen LogP contribution in [0.4, 0.5) is 5.69 Å². The highest BCUT2D eigenvalue weighted by Crippen LogP contribution is 2.20. The van der Waals surface area contributed by atoms with E-state index in [1.165, 1.54) is 42.0 Å². The summed E-state index contributed by atoms with van der Waals surface area (Å²) in [5.41, 5.74) is 2.64. The van der Waals surface area contributed by atoms with Crippen molar-refractivity contribution >= 4 is 23.4 Å². The molecule has 1 aromatic rings. The molecule has 2 heterocycles. The molecule has 2 saturated heterocycles. The minimum absolute atomic E-state index is 0.792. The van der Waals surface area contributed by atoms with E-state index in [2.05, 4.69) is 63.2 Å². The summed E-state index contributed by atoms with van der Waals surface area (Å²) >= 11 is 2.05. The standard InChI is InChI=1S/C21H34N4OS/c1-22-21(24(2)10-7-18-8-13-26-14-9-18)23-17-19-3-5-20(6-4-19)25-11-15-27-16-12-25/h3-6,18H,7-17H2,1-2H3,(H,22,23). The van der Waals surface area contributed by atoms with Crippen molar-refractivity contribution in [1.29, 1.82) is 0 Å². The van der Waals surface area contributed by atoms with Crippen LogP contribution >= 0.6 is 11.8 Å². The number of aliphatic imine (C=N–C) groups is 1. The summed E-state index contributed by atoms with van der Waals surface area (Å²) in [6.07, 6.45) is 3.60. The highest BCUT2D eigenvalue weighted by atomic mass is 32.2. The number of nitrogens with one attached hydrogen (secondary N) is 1. The Kier molecular flexibility index (Phi) is 8.14. The number of anilines is 1. The van der Waals surface area contributed by atoms with Crippen molar-refractivity contribution in [3.8, 4) is 0 Å². The fourth-order valence-electron chi connectivity index (χ4n) is 3.73. The lowest BCUT2D eigenvalue weighted by atomic mass is 9.96. The van der Waals surface area contributed by atoms with Crippen LogP contribution in [-0.2, 0) is 11.3 Å². The van der Waals surface area contributed by atoms with Crippen molar-refractivity contribution in [2.24, 2.45) is 10.9 Å². The molecule has 0 atom stereocenters. The van der Waals surface area contributed by atoms with Gasteiger partial charge in [0.05, 0.1) is 0 Å². The Morgan fingerprint density at radius 3 is 2.59 bits per heavy atom. The molecular weight excluding hydrogens is 356 g/mol. The average Bonchev–Trinajstić information content (AvgIpc) is 2.74. The van der Waals surface area contributed by atoms with E-state index in [4.69, 9.17) is 4.74 Å². The first kappa shape index (κ1) is 20.3. The summed E-state index contributed by atoms with van der Waals surface area (Å²) in [7, 11) is 4.00. The molecule has 0 spiro atoms. The Morgan fingerprint density at radius 1 is 1.22 bits per heavy atom. The molecule has 0 unspecified atom stereocenters. The van der Waals surface area contributed by atoms with Crippen LogP contribution in [0.1, 0.15) is 24.8 Å². The first-order valence-electron chi connectivity index (χ1n) is 10.2. The van der Waals surface area contributed by atoms with Crippen LogP contribution in [0.15, 0.2) is 29.3 Å². The third kappa shape index (κ3) is 6.32. The fourth-order valence-corrected chi connectivity index (χ4v) is 4.63. The van der Waals surface area contributed by atoms with Crippen LogP contribution in [0, 0.1) is 5.92 Å². The van der Waals surface area contributed by atoms with Crippen LogP contribution in [-0.4, -0.2) is 69.3 Å². The van der Waals surface area contributed by atoms with Gasteiger partial charge in [0.2, 0.25) is 0 Å². The van der Waals surface area contributed by atoms with Crippen molar-refractivity contribution in [2.75, 3.05) is 63.3 Å². The number of rotatable bonds is 6. The number of guanidine groups is 1. The monoisotopic (exact) mass is 390 g/mol. The summed E-state index contributed by atoms with van der Waals surface area (Å²) in [5, 5.41) is 3.51. The third-order valence-corrected chi connectivity index (χ3v) is 6.49. The van der Waals surface area contributed by atoms with E-state index >= 15 is 0 Å². The van der Waals surface area contributed by atoms with Gasteiger partial charge in [0.25, 0.3) is 0 Å². The van der Waals surface area contributed by atoms with Gasteiger partial charge >= 0.3 is 0 Å².